The number of methoxy groups -OCH3 is 1. The lowest BCUT2D eigenvalue weighted by atomic mass is 10.1. The van der Waals surface area contributed by atoms with Crippen LogP contribution in [0.5, 0.6) is 0 Å². The van der Waals surface area contributed by atoms with Gasteiger partial charge in [-0.2, -0.15) is 0 Å². The molecule has 0 aliphatic rings. The maximum Gasteiger partial charge on any atom is 0.319 e. The average molecular weight is 280 g/mol. The van der Waals surface area contributed by atoms with Crippen molar-refractivity contribution in [3.05, 3.63) is 39.9 Å². The third-order valence-electron chi connectivity index (χ3n) is 3.15. The van der Waals surface area contributed by atoms with E-state index in [4.69, 9.17) is 0 Å². The van der Waals surface area contributed by atoms with Gasteiger partial charge in [-0.15, -0.1) is 0 Å². The number of ether oxygens (including phenoxy) is 1. The predicted octanol–water partition coefficient (Wildman–Crippen LogP) is 2.02. The highest BCUT2D eigenvalue weighted by Crippen LogP contribution is 2.18. The minimum Gasteiger partial charge on any atom is -0.468 e. The topological polar surface area (TPSA) is 72.7 Å². The number of nitro benzene ring substituents is 1. The van der Waals surface area contributed by atoms with Gasteiger partial charge in [0, 0.05) is 24.2 Å². The van der Waals surface area contributed by atoms with Crippen LogP contribution < -0.4 is 0 Å². The van der Waals surface area contributed by atoms with Crippen LogP contribution in [0.3, 0.4) is 0 Å². The molecule has 0 aliphatic heterocycles. The summed E-state index contributed by atoms with van der Waals surface area (Å²) >= 11 is 0. The van der Waals surface area contributed by atoms with Crippen LogP contribution in [0.25, 0.3) is 0 Å². The van der Waals surface area contributed by atoms with E-state index in [0.29, 0.717) is 18.5 Å². The summed E-state index contributed by atoms with van der Waals surface area (Å²) in [5.41, 5.74) is 0.794. The van der Waals surface area contributed by atoms with E-state index in [-0.39, 0.29) is 29.2 Å². The lowest BCUT2D eigenvalue weighted by Crippen LogP contribution is -2.37. The molecule has 0 fully saturated rings. The molecule has 0 aliphatic carbocycles. The summed E-state index contributed by atoms with van der Waals surface area (Å²) in [6.07, 6.45) is 0.520. The molecule has 0 radical (unpaired) electrons. The maximum absolute atomic E-state index is 11.3. The summed E-state index contributed by atoms with van der Waals surface area (Å²) < 4.78 is 4.66. The van der Waals surface area contributed by atoms with Gasteiger partial charge in [0.05, 0.1) is 18.6 Å². The number of carbonyl (C=O) groups is 1. The van der Waals surface area contributed by atoms with Crippen LogP contribution in [-0.2, 0) is 16.0 Å². The van der Waals surface area contributed by atoms with E-state index in [0.717, 1.165) is 0 Å². The number of hydrogen-bond acceptors (Lipinski definition) is 5. The van der Waals surface area contributed by atoms with Gasteiger partial charge < -0.3 is 4.74 Å². The summed E-state index contributed by atoms with van der Waals surface area (Å²) in [4.78, 5) is 23.8. The Labute approximate surface area is 118 Å². The molecule has 0 N–H and O–H groups in total. The first-order valence-corrected chi connectivity index (χ1v) is 6.49. The molecule has 20 heavy (non-hydrogen) atoms. The first kappa shape index (κ1) is 16.1. The Morgan fingerprint density at radius 2 is 2.05 bits per heavy atom. The van der Waals surface area contributed by atoms with Crippen molar-refractivity contribution in [1.82, 2.24) is 4.90 Å². The molecule has 0 atom stereocenters. The molecule has 110 valence electrons. The number of para-hydroxylation sites is 1. The van der Waals surface area contributed by atoms with Crippen LogP contribution in [0.2, 0.25) is 0 Å². The number of nitro groups is 1. The smallest absolute Gasteiger partial charge is 0.319 e. The summed E-state index contributed by atoms with van der Waals surface area (Å²) in [7, 11) is 1.35. The number of benzene rings is 1. The Morgan fingerprint density at radius 3 is 2.60 bits per heavy atom. The van der Waals surface area contributed by atoms with Crippen molar-refractivity contribution in [3.8, 4) is 0 Å². The Bertz CT molecular complexity index is 474. The zero-order valence-corrected chi connectivity index (χ0v) is 12.0. The Morgan fingerprint density at radius 1 is 1.40 bits per heavy atom. The second kappa shape index (κ2) is 7.59. The number of carbonyl (C=O) groups excluding carboxylic acids is 1. The Kier molecular flexibility index (Phi) is 6.11. The van der Waals surface area contributed by atoms with Gasteiger partial charge in [-0.05, 0) is 20.3 Å². The first-order valence-electron chi connectivity index (χ1n) is 6.49. The average Bonchev–Trinajstić information content (AvgIpc) is 2.42. The number of nitrogens with zero attached hydrogens (tertiary/aromatic N) is 2. The number of hydrogen-bond donors (Lipinski definition) is 0. The summed E-state index contributed by atoms with van der Waals surface area (Å²) in [6, 6.07) is 6.83. The van der Waals surface area contributed by atoms with Crippen LogP contribution in [0, 0.1) is 10.1 Å². The molecule has 0 aromatic heterocycles. The molecule has 0 heterocycles. The number of rotatable bonds is 7. The van der Waals surface area contributed by atoms with Crippen molar-refractivity contribution in [1.29, 1.82) is 0 Å². The molecule has 1 aromatic carbocycles. The van der Waals surface area contributed by atoms with Crippen molar-refractivity contribution >= 4 is 11.7 Å². The molecule has 1 rings (SSSR count). The fraction of sp³-hybridized carbons (Fsp3) is 0.500. The Hall–Kier alpha value is -1.95. The monoisotopic (exact) mass is 280 g/mol. The van der Waals surface area contributed by atoms with Gasteiger partial charge in [0.15, 0.2) is 0 Å². The minimum absolute atomic E-state index is 0.120. The van der Waals surface area contributed by atoms with Crippen LogP contribution >= 0.6 is 0 Å². The van der Waals surface area contributed by atoms with E-state index in [1.54, 1.807) is 18.2 Å². The second-order valence-corrected chi connectivity index (χ2v) is 4.78. The predicted molar refractivity (Wildman–Crippen MR) is 75.5 cm³/mol. The highest BCUT2D eigenvalue weighted by molar-refractivity contribution is 5.71. The first-order chi connectivity index (χ1) is 9.45. The highest BCUT2D eigenvalue weighted by atomic mass is 16.6. The minimum atomic E-state index is -0.380. The van der Waals surface area contributed by atoms with Crippen LogP contribution in [0.15, 0.2) is 24.3 Å². The molecule has 0 bridgehead atoms. The van der Waals surface area contributed by atoms with Crippen LogP contribution in [-0.4, -0.2) is 42.0 Å². The largest absolute Gasteiger partial charge is 0.468 e. The van der Waals surface area contributed by atoms with E-state index in [1.165, 1.54) is 13.2 Å². The Balaban J connectivity index is 2.73. The van der Waals surface area contributed by atoms with Gasteiger partial charge >= 0.3 is 5.97 Å². The van der Waals surface area contributed by atoms with Crippen molar-refractivity contribution < 1.29 is 14.5 Å². The molecule has 0 unspecified atom stereocenters. The van der Waals surface area contributed by atoms with Crippen molar-refractivity contribution in [2.24, 2.45) is 0 Å². The van der Waals surface area contributed by atoms with Gasteiger partial charge in [-0.25, -0.2) is 0 Å². The standard InChI is InChI=1S/C14H20N2O4/c1-11(2)15(10-14(17)20-3)9-8-12-6-4-5-7-13(12)16(18)19/h4-7,11H,8-10H2,1-3H3. The van der Waals surface area contributed by atoms with Crippen molar-refractivity contribution in [3.63, 3.8) is 0 Å². The highest BCUT2D eigenvalue weighted by Gasteiger charge is 2.17. The van der Waals surface area contributed by atoms with Crippen molar-refractivity contribution in [2.75, 3.05) is 20.2 Å². The molecule has 1 aromatic rings. The lowest BCUT2D eigenvalue weighted by Gasteiger charge is -2.24. The van der Waals surface area contributed by atoms with E-state index in [1.807, 2.05) is 18.7 Å². The van der Waals surface area contributed by atoms with E-state index >= 15 is 0 Å². The molecule has 0 amide bonds. The zero-order valence-electron chi connectivity index (χ0n) is 12.0. The van der Waals surface area contributed by atoms with Crippen LogP contribution in [0.1, 0.15) is 19.4 Å². The molecule has 0 spiro atoms. The third-order valence-corrected chi connectivity index (χ3v) is 3.15. The number of esters is 1. The normalized spacial score (nSPS) is 10.8. The third kappa shape index (κ3) is 4.62. The maximum atomic E-state index is 11.3. The van der Waals surface area contributed by atoms with E-state index < -0.39 is 0 Å². The molecule has 0 saturated heterocycles. The molecular weight excluding hydrogens is 260 g/mol. The molecule has 6 heteroatoms. The van der Waals surface area contributed by atoms with E-state index in [9.17, 15) is 14.9 Å². The van der Waals surface area contributed by atoms with Crippen LogP contribution in [0.4, 0.5) is 5.69 Å². The SMILES string of the molecule is COC(=O)CN(CCc1ccccc1[N+](=O)[O-])C(C)C. The van der Waals surface area contributed by atoms with Gasteiger partial charge in [0.1, 0.15) is 0 Å². The van der Waals surface area contributed by atoms with Gasteiger partial charge in [0.2, 0.25) is 0 Å². The zero-order chi connectivity index (χ0) is 15.1. The van der Waals surface area contributed by atoms with Gasteiger partial charge in [-0.1, -0.05) is 18.2 Å². The molecule has 6 nitrogen and oxygen atoms in total. The van der Waals surface area contributed by atoms with Gasteiger partial charge in [0.25, 0.3) is 5.69 Å². The lowest BCUT2D eigenvalue weighted by molar-refractivity contribution is -0.385. The second-order valence-electron chi connectivity index (χ2n) is 4.78. The summed E-state index contributed by atoms with van der Waals surface area (Å²) in [5.74, 6) is -0.304. The van der Waals surface area contributed by atoms with Gasteiger partial charge in [-0.3, -0.25) is 19.8 Å². The molecule has 0 saturated carbocycles. The molecular formula is C14H20N2O4. The quantitative estimate of drug-likeness (QED) is 0.434. The summed E-state index contributed by atoms with van der Waals surface area (Å²) in [6.45, 7) is 4.71. The summed E-state index contributed by atoms with van der Waals surface area (Å²) in [5, 5.41) is 10.9. The van der Waals surface area contributed by atoms with Crippen molar-refractivity contribution in [2.45, 2.75) is 26.3 Å². The fourth-order valence-corrected chi connectivity index (χ4v) is 1.91. The fourth-order valence-electron chi connectivity index (χ4n) is 1.91. The van der Waals surface area contributed by atoms with E-state index in [2.05, 4.69) is 4.74 Å².